The summed E-state index contributed by atoms with van der Waals surface area (Å²) in [5.41, 5.74) is 1.90. The molecule has 36 heavy (non-hydrogen) atoms. The summed E-state index contributed by atoms with van der Waals surface area (Å²) in [6.07, 6.45) is -2.02. The van der Waals surface area contributed by atoms with E-state index in [1.807, 2.05) is 30.0 Å². The molecule has 3 aromatic rings. The Hall–Kier alpha value is -3.36. The molecule has 1 unspecified atom stereocenters. The maximum atomic E-state index is 12.9. The van der Waals surface area contributed by atoms with Gasteiger partial charge >= 0.3 is 6.36 Å². The van der Waals surface area contributed by atoms with Gasteiger partial charge in [-0.25, -0.2) is 4.98 Å². The molecule has 1 atom stereocenters. The van der Waals surface area contributed by atoms with Crippen LogP contribution in [0.2, 0.25) is 5.02 Å². The molecule has 5 rings (SSSR count). The highest BCUT2D eigenvalue weighted by Crippen LogP contribution is 2.37. The summed E-state index contributed by atoms with van der Waals surface area (Å²) < 4.78 is 44.8. The average Bonchev–Trinajstić information content (AvgIpc) is 3.18. The number of halogens is 4. The molecular formula is C24H23ClF3N7O. The van der Waals surface area contributed by atoms with Crippen LogP contribution in [-0.2, 0) is 13.1 Å². The zero-order chi connectivity index (χ0) is 25.4. The Labute approximate surface area is 210 Å². The molecule has 0 saturated carbocycles. The molecule has 12 heteroatoms. The van der Waals surface area contributed by atoms with Crippen LogP contribution in [0.5, 0.6) is 5.75 Å². The number of piperidine rings is 1. The monoisotopic (exact) mass is 517 g/mol. The lowest BCUT2D eigenvalue weighted by atomic mass is 9.95. The Morgan fingerprint density at radius 2 is 1.94 bits per heavy atom. The highest BCUT2D eigenvalue weighted by Gasteiger charge is 2.35. The number of nitriles is 1. The zero-order valence-corrected chi connectivity index (χ0v) is 20.2. The number of hydrogen-bond donors (Lipinski definition) is 0. The maximum Gasteiger partial charge on any atom is 0.573 e. The summed E-state index contributed by atoms with van der Waals surface area (Å²) in [6.45, 7) is 3.83. The topological polar surface area (TPSA) is 83.1 Å². The molecule has 1 fully saturated rings. The van der Waals surface area contributed by atoms with Crippen molar-refractivity contribution in [2.75, 3.05) is 18.0 Å². The van der Waals surface area contributed by atoms with E-state index in [4.69, 9.17) is 11.6 Å². The van der Waals surface area contributed by atoms with E-state index in [1.165, 1.54) is 18.3 Å². The first kappa shape index (κ1) is 24.3. The SMILES string of the molecule is CC(C#N)N1Cc2cc(Cl)ccc2-n2c(nnc2C2CCN(c3ncccc3OC(F)(F)F)CC2)C1. The molecule has 4 heterocycles. The molecule has 1 saturated heterocycles. The largest absolute Gasteiger partial charge is 0.573 e. The van der Waals surface area contributed by atoms with E-state index in [1.54, 1.807) is 4.90 Å². The van der Waals surface area contributed by atoms with Gasteiger partial charge in [0.1, 0.15) is 5.82 Å². The summed E-state index contributed by atoms with van der Waals surface area (Å²) in [6, 6.07) is 10.3. The lowest BCUT2D eigenvalue weighted by molar-refractivity contribution is -0.274. The Balaban J connectivity index is 1.42. The minimum Gasteiger partial charge on any atom is -0.402 e. The quantitative estimate of drug-likeness (QED) is 0.490. The van der Waals surface area contributed by atoms with E-state index in [9.17, 15) is 18.4 Å². The van der Waals surface area contributed by atoms with Gasteiger partial charge < -0.3 is 9.64 Å². The number of fused-ring (bicyclic) bond motifs is 3. The number of ether oxygens (including phenoxy) is 1. The molecule has 0 radical (unpaired) electrons. The third-order valence-electron chi connectivity index (χ3n) is 6.63. The number of hydrogen-bond acceptors (Lipinski definition) is 7. The molecule has 8 nitrogen and oxygen atoms in total. The van der Waals surface area contributed by atoms with Crippen LogP contribution >= 0.6 is 11.6 Å². The van der Waals surface area contributed by atoms with Crippen LogP contribution in [0.15, 0.2) is 36.5 Å². The molecule has 2 aliphatic rings. The summed E-state index contributed by atoms with van der Waals surface area (Å²) in [5.74, 6) is 1.45. The van der Waals surface area contributed by atoms with E-state index in [0.717, 1.165) is 22.9 Å². The van der Waals surface area contributed by atoms with Crippen LogP contribution < -0.4 is 9.64 Å². The van der Waals surface area contributed by atoms with Gasteiger partial charge in [-0.15, -0.1) is 23.4 Å². The van der Waals surface area contributed by atoms with Crippen molar-refractivity contribution in [1.82, 2.24) is 24.6 Å². The molecule has 0 amide bonds. The summed E-state index contributed by atoms with van der Waals surface area (Å²) >= 11 is 6.29. The number of rotatable bonds is 4. The fourth-order valence-corrected chi connectivity index (χ4v) is 5.04. The van der Waals surface area contributed by atoms with E-state index < -0.39 is 6.36 Å². The molecule has 0 spiro atoms. The normalized spacial score (nSPS) is 17.6. The van der Waals surface area contributed by atoms with Crippen molar-refractivity contribution < 1.29 is 17.9 Å². The number of anilines is 1. The second-order valence-electron chi connectivity index (χ2n) is 8.93. The minimum atomic E-state index is -4.79. The van der Waals surface area contributed by atoms with Gasteiger partial charge in [-0.2, -0.15) is 5.26 Å². The molecule has 0 aliphatic carbocycles. The summed E-state index contributed by atoms with van der Waals surface area (Å²) in [4.78, 5) is 7.98. The van der Waals surface area contributed by atoms with Crippen LogP contribution in [0, 0.1) is 11.3 Å². The molecule has 0 bridgehead atoms. The lowest BCUT2D eigenvalue weighted by Gasteiger charge is -2.33. The van der Waals surface area contributed by atoms with Crippen molar-refractivity contribution >= 4 is 17.4 Å². The van der Waals surface area contributed by atoms with Crippen LogP contribution in [0.3, 0.4) is 0 Å². The maximum absolute atomic E-state index is 12.9. The number of pyridine rings is 1. The van der Waals surface area contributed by atoms with Crippen molar-refractivity contribution in [2.45, 2.75) is 51.2 Å². The van der Waals surface area contributed by atoms with Gasteiger partial charge in [-0.1, -0.05) is 11.6 Å². The molecule has 0 N–H and O–H groups in total. The van der Waals surface area contributed by atoms with Gasteiger partial charge in [0.15, 0.2) is 17.4 Å². The number of nitrogens with zero attached hydrogens (tertiary/aromatic N) is 7. The van der Waals surface area contributed by atoms with Gasteiger partial charge in [-0.3, -0.25) is 9.47 Å². The highest BCUT2D eigenvalue weighted by atomic mass is 35.5. The Morgan fingerprint density at radius 1 is 1.17 bits per heavy atom. The van der Waals surface area contributed by atoms with Gasteiger partial charge in [0.2, 0.25) is 0 Å². The smallest absolute Gasteiger partial charge is 0.402 e. The van der Waals surface area contributed by atoms with Crippen LogP contribution in [0.1, 0.15) is 42.9 Å². The van der Waals surface area contributed by atoms with E-state index >= 15 is 0 Å². The Bertz CT molecular complexity index is 1300. The molecule has 188 valence electrons. The lowest BCUT2D eigenvalue weighted by Crippen LogP contribution is -2.35. The van der Waals surface area contributed by atoms with Crippen molar-refractivity contribution in [1.29, 1.82) is 5.26 Å². The van der Waals surface area contributed by atoms with Crippen molar-refractivity contribution in [2.24, 2.45) is 0 Å². The fraction of sp³-hybridized carbons (Fsp3) is 0.417. The van der Waals surface area contributed by atoms with Crippen LogP contribution in [-0.4, -0.2) is 50.1 Å². The van der Waals surface area contributed by atoms with E-state index in [2.05, 4.69) is 30.6 Å². The van der Waals surface area contributed by atoms with Gasteiger partial charge in [0.25, 0.3) is 0 Å². The van der Waals surface area contributed by atoms with Gasteiger partial charge in [-0.05, 0) is 55.7 Å². The van der Waals surface area contributed by atoms with Gasteiger partial charge in [0, 0.05) is 36.8 Å². The molecule has 2 aromatic heterocycles. The van der Waals surface area contributed by atoms with E-state index in [0.29, 0.717) is 44.0 Å². The first-order valence-corrected chi connectivity index (χ1v) is 11.9. The predicted octanol–water partition coefficient (Wildman–Crippen LogP) is 4.83. The van der Waals surface area contributed by atoms with Gasteiger partial charge in [0.05, 0.1) is 24.3 Å². The van der Waals surface area contributed by atoms with Crippen LogP contribution in [0.25, 0.3) is 5.69 Å². The van der Waals surface area contributed by atoms with Crippen molar-refractivity contribution in [3.05, 3.63) is 58.8 Å². The third kappa shape index (κ3) is 4.83. The zero-order valence-electron chi connectivity index (χ0n) is 19.4. The Kier molecular flexibility index (Phi) is 6.49. The molecular weight excluding hydrogens is 495 g/mol. The summed E-state index contributed by atoms with van der Waals surface area (Å²) in [7, 11) is 0. The first-order chi connectivity index (χ1) is 17.2. The highest BCUT2D eigenvalue weighted by molar-refractivity contribution is 6.30. The second-order valence-corrected chi connectivity index (χ2v) is 9.36. The standard InChI is InChI=1S/C24H23ClF3N7O/c1-15(12-29)34-13-17-11-18(25)4-5-19(17)35-21(14-34)31-32-22(35)16-6-9-33(10-7-16)23-20(3-2-8-30-23)36-24(26,27)28/h2-5,8,11,15-16H,6-7,9-10,13-14H2,1H3. The Morgan fingerprint density at radius 3 is 2.67 bits per heavy atom. The number of benzene rings is 1. The molecule has 2 aliphatic heterocycles. The number of aromatic nitrogens is 4. The molecule has 1 aromatic carbocycles. The predicted molar refractivity (Wildman–Crippen MR) is 126 cm³/mol. The minimum absolute atomic E-state index is 0.0432. The second kappa shape index (κ2) is 9.59. The van der Waals surface area contributed by atoms with Crippen molar-refractivity contribution in [3.63, 3.8) is 0 Å². The summed E-state index contributed by atoms with van der Waals surface area (Å²) in [5, 5.41) is 19.1. The average molecular weight is 518 g/mol. The third-order valence-corrected chi connectivity index (χ3v) is 6.86. The van der Waals surface area contributed by atoms with Crippen LogP contribution in [0.4, 0.5) is 19.0 Å². The number of alkyl halides is 3. The first-order valence-electron chi connectivity index (χ1n) is 11.6. The fourth-order valence-electron chi connectivity index (χ4n) is 4.84. The van der Waals surface area contributed by atoms with E-state index in [-0.39, 0.29) is 23.5 Å². The van der Waals surface area contributed by atoms with Crippen molar-refractivity contribution in [3.8, 4) is 17.5 Å².